The lowest BCUT2D eigenvalue weighted by atomic mass is 10.1. The average molecular weight is 256 g/mol. The Balaban J connectivity index is 1.70. The van der Waals surface area contributed by atoms with E-state index in [0.29, 0.717) is 23.1 Å². The van der Waals surface area contributed by atoms with Gasteiger partial charge in [0.15, 0.2) is 0 Å². The summed E-state index contributed by atoms with van der Waals surface area (Å²) in [6.07, 6.45) is 4.37. The smallest absolute Gasteiger partial charge is 0.223 e. The fourth-order valence-electron chi connectivity index (χ4n) is 2.10. The molecule has 2 fully saturated rings. The van der Waals surface area contributed by atoms with E-state index in [-0.39, 0.29) is 0 Å². The molecule has 98 valence electrons. The van der Waals surface area contributed by atoms with E-state index in [9.17, 15) is 4.79 Å². The maximum Gasteiger partial charge on any atom is 0.223 e. The number of carbonyl (C=O) groups is 1. The van der Waals surface area contributed by atoms with Gasteiger partial charge in [-0.25, -0.2) is 0 Å². The predicted octanol–water partition coefficient (Wildman–Crippen LogP) is 1.87. The van der Waals surface area contributed by atoms with Gasteiger partial charge < -0.3 is 10.2 Å². The van der Waals surface area contributed by atoms with Crippen molar-refractivity contribution in [1.82, 2.24) is 10.2 Å². The minimum atomic E-state index is 0.330. The van der Waals surface area contributed by atoms with E-state index in [1.807, 2.05) is 11.8 Å². The Morgan fingerprint density at radius 2 is 2.18 bits per heavy atom. The molecule has 0 aromatic rings. The Morgan fingerprint density at radius 1 is 1.41 bits per heavy atom. The van der Waals surface area contributed by atoms with Gasteiger partial charge in [-0.3, -0.25) is 4.79 Å². The van der Waals surface area contributed by atoms with Crippen molar-refractivity contribution in [1.29, 1.82) is 0 Å². The number of amides is 1. The zero-order chi connectivity index (χ0) is 12.3. The average Bonchev–Trinajstić information content (AvgIpc) is 3.06. The number of hydrogen-bond acceptors (Lipinski definition) is 3. The van der Waals surface area contributed by atoms with Gasteiger partial charge in [-0.2, -0.15) is 11.8 Å². The number of nitrogens with one attached hydrogen (secondary N) is 1. The van der Waals surface area contributed by atoms with Crippen LogP contribution in [0.3, 0.4) is 0 Å². The molecule has 0 aromatic carbocycles. The van der Waals surface area contributed by atoms with Gasteiger partial charge in [0.25, 0.3) is 0 Å². The van der Waals surface area contributed by atoms with Crippen molar-refractivity contribution in [2.24, 2.45) is 0 Å². The first-order valence-electron chi connectivity index (χ1n) is 6.72. The Labute approximate surface area is 109 Å². The monoisotopic (exact) mass is 256 g/mol. The lowest BCUT2D eigenvalue weighted by Crippen LogP contribution is -2.35. The van der Waals surface area contributed by atoms with Crippen molar-refractivity contribution in [3.05, 3.63) is 0 Å². The van der Waals surface area contributed by atoms with E-state index in [1.165, 1.54) is 12.8 Å². The van der Waals surface area contributed by atoms with Crippen LogP contribution in [0.25, 0.3) is 0 Å². The maximum absolute atomic E-state index is 12.0. The molecule has 0 bridgehead atoms. The maximum atomic E-state index is 12.0. The fraction of sp³-hybridized carbons (Fsp3) is 0.923. The molecule has 0 atom stereocenters. The van der Waals surface area contributed by atoms with Crippen molar-refractivity contribution in [3.8, 4) is 0 Å². The Kier molecular flexibility index (Phi) is 4.36. The van der Waals surface area contributed by atoms with Gasteiger partial charge in [0.05, 0.1) is 0 Å². The second-order valence-electron chi connectivity index (χ2n) is 5.72. The minimum absolute atomic E-state index is 0.330. The molecule has 1 saturated carbocycles. The number of rotatable bonds is 4. The van der Waals surface area contributed by atoms with Crippen LogP contribution >= 0.6 is 11.8 Å². The molecule has 1 heterocycles. The van der Waals surface area contributed by atoms with E-state index in [1.54, 1.807) is 0 Å². The summed E-state index contributed by atoms with van der Waals surface area (Å²) in [6, 6.07) is 0.710. The van der Waals surface area contributed by atoms with Crippen LogP contribution in [0.2, 0.25) is 0 Å². The van der Waals surface area contributed by atoms with Gasteiger partial charge in [0.1, 0.15) is 0 Å². The minimum Gasteiger partial charge on any atom is -0.342 e. The normalized spacial score (nSPS) is 24.5. The summed E-state index contributed by atoms with van der Waals surface area (Å²) >= 11 is 1.99. The first-order chi connectivity index (χ1) is 8.07. The van der Waals surface area contributed by atoms with Gasteiger partial charge in [-0.15, -0.1) is 0 Å². The second kappa shape index (κ2) is 5.61. The summed E-state index contributed by atoms with van der Waals surface area (Å²) in [7, 11) is 0. The summed E-state index contributed by atoms with van der Waals surface area (Å²) < 4.78 is 0.335. The summed E-state index contributed by atoms with van der Waals surface area (Å²) in [5.74, 6) is 1.41. The molecule has 0 unspecified atom stereocenters. The molecular formula is C13H24N2OS. The van der Waals surface area contributed by atoms with E-state index >= 15 is 0 Å². The third kappa shape index (κ3) is 4.51. The van der Waals surface area contributed by atoms with Crippen molar-refractivity contribution in [3.63, 3.8) is 0 Å². The van der Waals surface area contributed by atoms with Crippen molar-refractivity contribution >= 4 is 17.7 Å². The largest absolute Gasteiger partial charge is 0.342 e. The highest BCUT2D eigenvalue weighted by molar-refractivity contribution is 8.00. The standard InChI is InChI=1S/C13H24N2OS/c1-13(2)6-8-15(9-10-17-13)12(16)5-7-14-11-3-4-11/h11,14H,3-10H2,1-2H3. The van der Waals surface area contributed by atoms with Crippen LogP contribution in [0.4, 0.5) is 0 Å². The van der Waals surface area contributed by atoms with E-state index in [4.69, 9.17) is 0 Å². The van der Waals surface area contributed by atoms with Crippen LogP contribution in [0.5, 0.6) is 0 Å². The molecule has 17 heavy (non-hydrogen) atoms. The topological polar surface area (TPSA) is 32.3 Å². The SMILES string of the molecule is CC1(C)CCN(C(=O)CCNC2CC2)CCS1. The van der Waals surface area contributed by atoms with Crippen LogP contribution in [0.15, 0.2) is 0 Å². The lowest BCUT2D eigenvalue weighted by Gasteiger charge is -2.22. The molecule has 3 nitrogen and oxygen atoms in total. The Hall–Kier alpha value is -0.220. The molecule has 2 rings (SSSR count). The third-order valence-corrected chi connectivity index (χ3v) is 4.91. The summed E-state index contributed by atoms with van der Waals surface area (Å²) in [4.78, 5) is 14.1. The first-order valence-corrected chi connectivity index (χ1v) is 7.70. The Bertz CT molecular complexity index is 277. The summed E-state index contributed by atoms with van der Waals surface area (Å²) in [6.45, 7) is 7.27. The molecule has 0 spiro atoms. The van der Waals surface area contributed by atoms with Gasteiger partial charge >= 0.3 is 0 Å². The van der Waals surface area contributed by atoms with Crippen LogP contribution in [0.1, 0.15) is 39.5 Å². The summed E-state index contributed by atoms with van der Waals surface area (Å²) in [5.41, 5.74) is 0. The van der Waals surface area contributed by atoms with Crippen molar-refractivity contribution in [2.45, 2.75) is 50.3 Å². The molecule has 0 aromatic heterocycles. The second-order valence-corrected chi connectivity index (χ2v) is 7.52. The number of thioether (sulfide) groups is 1. The Morgan fingerprint density at radius 3 is 2.88 bits per heavy atom. The molecule has 1 amide bonds. The molecule has 1 saturated heterocycles. The van der Waals surface area contributed by atoms with E-state index in [2.05, 4.69) is 24.1 Å². The van der Waals surface area contributed by atoms with Crippen molar-refractivity contribution < 1.29 is 4.79 Å². The highest BCUT2D eigenvalue weighted by Gasteiger charge is 2.26. The highest BCUT2D eigenvalue weighted by atomic mass is 32.2. The van der Waals surface area contributed by atoms with E-state index in [0.717, 1.165) is 31.8 Å². The van der Waals surface area contributed by atoms with E-state index < -0.39 is 0 Å². The molecule has 2 aliphatic rings. The highest BCUT2D eigenvalue weighted by Crippen LogP contribution is 2.30. The molecule has 1 aliphatic heterocycles. The molecule has 4 heteroatoms. The van der Waals surface area contributed by atoms with Gasteiger partial charge in [-0.05, 0) is 19.3 Å². The van der Waals surface area contributed by atoms with Crippen LogP contribution < -0.4 is 5.32 Å². The predicted molar refractivity (Wildman–Crippen MR) is 73.4 cm³/mol. The quantitative estimate of drug-likeness (QED) is 0.833. The lowest BCUT2D eigenvalue weighted by molar-refractivity contribution is -0.130. The van der Waals surface area contributed by atoms with Gasteiger partial charge in [0, 0.05) is 42.6 Å². The molecular weight excluding hydrogens is 232 g/mol. The zero-order valence-corrected chi connectivity index (χ0v) is 11.8. The van der Waals surface area contributed by atoms with Crippen molar-refractivity contribution in [2.75, 3.05) is 25.4 Å². The van der Waals surface area contributed by atoms with Gasteiger partial charge in [0.2, 0.25) is 5.91 Å². The van der Waals surface area contributed by atoms with Gasteiger partial charge in [-0.1, -0.05) is 13.8 Å². The summed E-state index contributed by atoms with van der Waals surface area (Å²) in [5, 5.41) is 3.41. The first kappa shape index (κ1) is 13.2. The molecule has 1 N–H and O–H groups in total. The van der Waals surface area contributed by atoms with Crippen LogP contribution in [-0.4, -0.2) is 47.0 Å². The third-order valence-electron chi connectivity index (χ3n) is 3.54. The molecule has 0 radical (unpaired) electrons. The number of hydrogen-bond donors (Lipinski definition) is 1. The van der Waals surface area contributed by atoms with Crippen LogP contribution in [-0.2, 0) is 4.79 Å². The van der Waals surface area contributed by atoms with Crippen LogP contribution in [0, 0.1) is 0 Å². The number of nitrogens with zero attached hydrogens (tertiary/aromatic N) is 1. The fourth-order valence-corrected chi connectivity index (χ4v) is 3.20. The molecule has 1 aliphatic carbocycles. The zero-order valence-electron chi connectivity index (χ0n) is 11.0. The number of carbonyl (C=O) groups excluding carboxylic acids is 1.